The molecule has 2 rings (SSSR count). The summed E-state index contributed by atoms with van der Waals surface area (Å²) in [6.45, 7) is 2.83. The molecule has 1 unspecified atom stereocenters. The summed E-state index contributed by atoms with van der Waals surface area (Å²) in [6.07, 6.45) is 5.07. The van der Waals surface area contributed by atoms with Crippen molar-refractivity contribution in [1.82, 2.24) is 19.4 Å². The zero-order chi connectivity index (χ0) is 13.9. The Balaban J connectivity index is 2.01. The molecule has 108 valence electrons. The van der Waals surface area contributed by atoms with Gasteiger partial charge in [0.1, 0.15) is 0 Å². The van der Waals surface area contributed by atoms with Crippen LogP contribution in [0.3, 0.4) is 0 Å². The minimum Gasteiger partial charge on any atom is -0.314 e. The molecule has 2 heterocycles. The van der Waals surface area contributed by atoms with E-state index >= 15 is 0 Å². The van der Waals surface area contributed by atoms with Gasteiger partial charge in [-0.05, 0) is 31.9 Å². The van der Waals surface area contributed by atoms with E-state index in [-0.39, 0.29) is 0 Å². The molecule has 1 N–H and O–H groups in total. The highest BCUT2D eigenvalue weighted by molar-refractivity contribution is 7.88. The Hall–Kier alpha value is -0.920. The van der Waals surface area contributed by atoms with E-state index in [1.54, 1.807) is 10.5 Å². The first kappa shape index (κ1) is 14.5. The predicted octanol–water partition coefficient (Wildman–Crippen LogP) is 0.274. The Kier molecular flexibility index (Phi) is 4.59. The largest absolute Gasteiger partial charge is 0.314 e. The average molecular weight is 286 g/mol. The SMILES string of the molecule is CNCc1ccnn1CC1CCCN(S(C)(=O)=O)C1. The third-order valence-corrected chi connectivity index (χ3v) is 4.81. The smallest absolute Gasteiger partial charge is 0.211 e. The maximum atomic E-state index is 11.6. The zero-order valence-electron chi connectivity index (χ0n) is 11.5. The molecule has 0 aromatic carbocycles. The fraction of sp³-hybridized carbons (Fsp3) is 0.750. The van der Waals surface area contributed by atoms with E-state index in [0.717, 1.165) is 31.6 Å². The molecule has 1 fully saturated rings. The second-order valence-electron chi connectivity index (χ2n) is 5.16. The molecule has 0 amide bonds. The quantitative estimate of drug-likeness (QED) is 0.844. The maximum Gasteiger partial charge on any atom is 0.211 e. The highest BCUT2D eigenvalue weighted by Gasteiger charge is 2.26. The van der Waals surface area contributed by atoms with Gasteiger partial charge in [0, 0.05) is 32.4 Å². The fourth-order valence-electron chi connectivity index (χ4n) is 2.58. The molecule has 0 spiro atoms. The number of nitrogens with zero attached hydrogens (tertiary/aromatic N) is 3. The van der Waals surface area contributed by atoms with Crippen LogP contribution in [0.1, 0.15) is 18.5 Å². The van der Waals surface area contributed by atoms with Crippen molar-refractivity contribution in [2.75, 3.05) is 26.4 Å². The summed E-state index contributed by atoms with van der Waals surface area (Å²) in [5.41, 5.74) is 1.14. The molecular weight excluding hydrogens is 264 g/mol. The van der Waals surface area contributed by atoms with Crippen LogP contribution < -0.4 is 5.32 Å². The van der Waals surface area contributed by atoms with Crippen molar-refractivity contribution in [3.05, 3.63) is 18.0 Å². The Morgan fingerprint density at radius 2 is 2.32 bits per heavy atom. The molecule has 6 nitrogen and oxygen atoms in total. The molecule has 1 saturated heterocycles. The highest BCUT2D eigenvalue weighted by Crippen LogP contribution is 2.20. The van der Waals surface area contributed by atoms with Crippen LogP contribution in [0.5, 0.6) is 0 Å². The first-order valence-corrected chi connectivity index (χ1v) is 8.46. The highest BCUT2D eigenvalue weighted by atomic mass is 32.2. The minimum absolute atomic E-state index is 0.346. The molecule has 1 aromatic heterocycles. The van der Waals surface area contributed by atoms with Gasteiger partial charge in [0.15, 0.2) is 0 Å². The van der Waals surface area contributed by atoms with Crippen molar-refractivity contribution in [2.24, 2.45) is 5.92 Å². The lowest BCUT2D eigenvalue weighted by Gasteiger charge is -2.31. The Labute approximate surface area is 114 Å². The second-order valence-corrected chi connectivity index (χ2v) is 7.15. The van der Waals surface area contributed by atoms with Crippen LogP contribution in [0, 0.1) is 5.92 Å². The normalized spacial score (nSPS) is 21.7. The van der Waals surface area contributed by atoms with Gasteiger partial charge in [-0.25, -0.2) is 12.7 Å². The van der Waals surface area contributed by atoms with Gasteiger partial charge < -0.3 is 5.32 Å². The van der Waals surface area contributed by atoms with Gasteiger partial charge >= 0.3 is 0 Å². The number of hydrogen-bond donors (Lipinski definition) is 1. The second kappa shape index (κ2) is 6.02. The van der Waals surface area contributed by atoms with Crippen LogP contribution in [-0.2, 0) is 23.1 Å². The van der Waals surface area contributed by atoms with Crippen LogP contribution in [0.4, 0.5) is 0 Å². The maximum absolute atomic E-state index is 11.6. The molecule has 1 aliphatic heterocycles. The number of piperidine rings is 1. The van der Waals surface area contributed by atoms with Crippen molar-refractivity contribution >= 4 is 10.0 Å². The van der Waals surface area contributed by atoms with E-state index in [2.05, 4.69) is 10.4 Å². The van der Waals surface area contributed by atoms with Crippen molar-refractivity contribution < 1.29 is 8.42 Å². The summed E-state index contributed by atoms with van der Waals surface area (Å²) in [5.74, 6) is 0.346. The van der Waals surface area contributed by atoms with E-state index in [1.807, 2.05) is 17.8 Å². The molecule has 7 heteroatoms. The Bertz CT molecular complexity index is 512. The Morgan fingerprint density at radius 1 is 1.53 bits per heavy atom. The lowest BCUT2D eigenvalue weighted by Crippen LogP contribution is -2.40. The third kappa shape index (κ3) is 3.77. The first-order valence-electron chi connectivity index (χ1n) is 6.61. The Morgan fingerprint density at radius 3 is 3.00 bits per heavy atom. The molecule has 0 saturated carbocycles. The van der Waals surface area contributed by atoms with Gasteiger partial charge in [0.25, 0.3) is 0 Å². The van der Waals surface area contributed by atoms with Gasteiger partial charge in [-0.2, -0.15) is 5.10 Å². The number of hydrogen-bond acceptors (Lipinski definition) is 4. The van der Waals surface area contributed by atoms with Crippen LogP contribution >= 0.6 is 0 Å². The van der Waals surface area contributed by atoms with Crippen molar-refractivity contribution in [1.29, 1.82) is 0 Å². The molecule has 1 aromatic rings. The van der Waals surface area contributed by atoms with Gasteiger partial charge in [-0.15, -0.1) is 0 Å². The monoisotopic (exact) mass is 286 g/mol. The standard InChI is InChI=1S/C12H22N4O2S/c1-13-8-12-5-6-14-16(12)10-11-4-3-7-15(9-11)19(2,17)18/h5-6,11,13H,3-4,7-10H2,1-2H3. The number of aromatic nitrogens is 2. The van der Waals surface area contributed by atoms with Crippen LogP contribution in [0.15, 0.2) is 12.3 Å². The molecule has 0 bridgehead atoms. The van der Waals surface area contributed by atoms with Crippen molar-refractivity contribution in [3.63, 3.8) is 0 Å². The molecule has 1 aliphatic rings. The predicted molar refractivity (Wildman–Crippen MR) is 74.1 cm³/mol. The van der Waals surface area contributed by atoms with Gasteiger partial charge in [-0.3, -0.25) is 4.68 Å². The van der Waals surface area contributed by atoms with E-state index in [0.29, 0.717) is 19.0 Å². The summed E-state index contributed by atoms with van der Waals surface area (Å²) in [7, 11) is -1.16. The summed E-state index contributed by atoms with van der Waals surface area (Å²) in [5, 5.41) is 7.44. The number of sulfonamides is 1. The van der Waals surface area contributed by atoms with Gasteiger partial charge in [-0.1, -0.05) is 0 Å². The van der Waals surface area contributed by atoms with Gasteiger partial charge in [0.05, 0.1) is 11.9 Å². The van der Waals surface area contributed by atoms with E-state index in [4.69, 9.17) is 0 Å². The fourth-order valence-corrected chi connectivity index (χ4v) is 3.52. The average Bonchev–Trinajstić information content (AvgIpc) is 2.77. The summed E-state index contributed by atoms with van der Waals surface area (Å²) >= 11 is 0. The molecule has 0 aliphatic carbocycles. The van der Waals surface area contributed by atoms with Crippen molar-refractivity contribution in [2.45, 2.75) is 25.9 Å². The van der Waals surface area contributed by atoms with E-state index in [9.17, 15) is 8.42 Å². The summed E-state index contributed by atoms with van der Waals surface area (Å²) in [6, 6.07) is 1.99. The van der Waals surface area contributed by atoms with Gasteiger partial charge in [0.2, 0.25) is 10.0 Å². The molecular formula is C12H22N4O2S. The van der Waals surface area contributed by atoms with Crippen molar-refractivity contribution in [3.8, 4) is 0 Å². The van der Waals surface area contributed by atoms with Crippen LogP contribution in [-0.4, -0.2) is 48.9 Å². The number of nitrogens with one attached hydrogen (secondary N) is 1. The summed E-state index contributed by atoms with van der Waals surface area (Å²) < 4.78 is 26.8. The lowest BCUT2D eigenvalue weighted by molar-refractivity contribution is 0.238. The third-order valence-electron chi connectivity index (χ3n) is 3.54. The van der Waals surface area contributed by atoms with E-state index < -0.39 is 10.0 Å². The molecule has 0 radical (unpaired) electrons. The van der Waals surface area contributed by atoms with E-state index in [1.165, 1.54) is 6.26 Å². The van der Waals surface area contributed by atoms with Crippen LogP contribution in [0.25, 0.3) is 0 Å². The topological polar surface area (TPSA) is 67.2 Å². The minimum atomic E-state index is -3.07. The number of rotatable bonds is 5. The zero-order valence-corrected chi connectivity index (χ0v) is 12.4. The molecule has 19 heavy (non-hydrogen) atoms. The van der Waals surface area contributed by atoms with Crippen LogP contribution in [0.2, 0.25) is 0 Å². The summed E-state index contributed by atoms with van der Waals surface area (Å²) in [4.78, 5) is 0. The first-order chi connectivity index (χ1) is 9.00. The molecule has 1 atom stereocenters. The lowest BCUT2D eigenvalue weighted by atomic mass is 10.00.